The van der Waals surface area contributed by atoms with Crippen LogP contribution in [0.15, 0.2) is 24.3 Å². The third-order valence-electron chi connectivity index (χ3n) is 4.86. The molecular formula is C18H25N3O4. The normalized spacial score (nSPS) is 21.1. The second-order valence-electron chi connectivity index (χ2n) is 6.71. The summed E-state index contributed by atoms with van der Waals surface area (Å²) in [6, 6.07) is 6.98. The van der Waals surface area contributed by atoms with Gasteiger partial charge in [0.2, 0.25) is 11.8 Å². The molecule has 1 unspecified atom stereocenters. The van der Waals surface area contributed by atoms with Gasteiger partial charge in [-0.2, -0.15) is 0 Å². The molecule has 1 aliphatic heterocycles. The van der Waals surface area contributed by atoms with E-state index in [4.69, 9.17) is 5.21 Å². The van der Waals surface area contributed by atoms with Crippen molar-refractivity contribution < 1.29 is 19.6 Å². The zero-order chi connectivity index (χ0) is 18.6. The van der Waals surface area contributed by atoms with Gasteiger partial charge >= 0.3 is 0 Å². The average molecular weight is 347 g/mol. The van der Waals surface area contributed by atoms with Crippen LogP contribution in [0.5, 0.6) is 0 Å². The van der Waals surface area contributed by atoms with Crippen LogP contribution in [0.1, 0.15) is 37.8 Å². The minimum Gasteiger partial charge on any atom is -0.356 e. The van der Waals surface area contributed by atoms with Crippen molar-refractivity contribution in [3.8, 4) is 0 Å². The number of carbonyl (C=O) groups excluding carboxylic acids is 3. The number of aryl methyl sites for hydroxylation is 1. The maximum absolute atomic E-state index is 13.0. The Hall–Kier alpha value is -2.41. The van der Waals surface area contributed by atoms with Gasteiger partial charge < -0.3 is 10.2 Å². The van der Waals surface area contributed by atoms with Gasteiger partial charge in [-0.3, -0.25) is 19.6 Å². The van der Waals surface area contributed by atoms with Crippen LogP contribution in [0, 0.1) is 6.92 Å². The molecular weight excluding hydrogens is 322 g/mol. The van der Waals surface area contributed by atoms with Crippen molar-refractivity contribution in [2.75, 3.05) is 13.1 Å². The van der Waals surface area contributed by atoms with Gasteiger partial charge in [-0.1, -0.05) is 29.8 Å². The van der Waals surface area contributed by atoms with Crippen LogP contribution in [0.4, 0.5) is 0 Å². The SMILES string of the molecule is CC(=O)NCC[C@H](C(=O)NO)N1CCC(C)(c2ccc(C)cc2)C1=O. The molecule has 7 nitrogen and oxygen atoms in total. The first-order chi connectivity index (χ1) is 11.8. The summed E-state index contributed by atoms with van der Waals surface area (Å²) in [6.45, 7) is 5.91. The molecule has 3 N–H and O–H groups in total. The summed E-state index contributed by atoms with van der Waals surface area (Å²) >= 11 is 0. The predicted octanol–water partition coefficient (Wildman–Crippen LogP) is 0.885. The third kappa shape index (κ3) is 3.99. The summed E-state index contributed by atoms with van der Waals surface area (Å²) < 4.78 is 0. The molecule has 3 amide bonds. The molecule has 1 aliphatic rings. The molecule has 0 aromatic heterocycles. The van der Waals surface area contributed by atoms with Crippen LogP contribution in [0.2, 0.25) is 0 Å². The van der Waals surface area contributed by atoms with E-state index in [1.54, 1.807) is 5.48 Å². The number of benzene rings is 1. The number of likely N-dealkylation sites (tertiary alicyclic amines) is 1. The first-order valence-corrected chi connectivity index (χ1v) is 8.36. The minimum atomic E-state index is -0.823. The average Bonchev–Trinajstić information content (AvgIpc) is 2.88. The molecule has 1 fully saturated rings. The lowest BCUT2D eigenvalue weighted by atomic mass is 9.81. The zero-order valence-corrected chi connectivity index (χ0v) is 14.8. The van der Waals surface area contributed by atoms with E-state index in [1.165, 1.54) is 11.8 Å². The van der Waals surface area contributed by atoms with Gasteiger partial charge in [0, 0.05) is 20.0 Å². The van der Waals surface area contributed by atoms with Crippen molar-refractivity contribution in [3.05, 3.63) is 35.4 Å². The fourth-order valence-corrected chi connectivity index (χ4v) is 3.24. The van der Waals surface area contributed by atoms with Crippen LogP contribution in [0.25, 0.3) is 0 Å². The van der Waals surface area contributed by atoms with Gasteiger partial charge in [-0.25, -0.2) is 5.48 Å². The molecule has 136 valence electrons. The van der Waals surface area contributed by atoms with Crippen molar-refractivity contribution in [3.63, 3.8) is 0 Å². The van der Waals surface area contributed by atoms with Crippen molar-refractivity contribution in [2.45, 2.75) is 45.1 Å². The lowest BCUT2D eigenvalue weighted by molar-refractivity contribution is -0.144. The number of hydroxylamine groups is 1. The monoisotopic (exact) mass is 347 g/mol. The van der Waals surface area contributed by atoms with E-state index in [1.807, 2.05) is 38.1 Å². The van der Waals surface area contributed by atoms with Gasteiger partial charge in [0.1, 0.15) is 6.04 Å². The maximum atomic E-state index is 13.0. The van der Waals surface area contributed by atoms with Crippen LogP contribution in [-0.4, -0.2) is 47.0 Å². The van der Waals surface area contributed by atoms with Crippen LogP contribution in [-0.2, 0) is 19.8 Å². The maximum Gasteiger partial charge on any atom is 0.266 e. The Kier molecular flexibility index (Phi) is 5.79. The number of hydrogen-bond donors (Lipinski definition) is 3. The Labute approximate surface area is 147 Å². The Morgan fingerprint density at radius 2 is 1.96 bits per heavy atom. The molecule has 0 aliphatic carbocycles. The number of hydrogen-bond acceptors (Lipinski definition) is 4. The van der Waals surface area contributed by atoms with Crippen molar-refractivity contribution in [2.24, 2.45) is 0 Å². The largest absolute Gasteiger partial charge is 0.356 e. The Morgan fingerprint density at radius 1 is 1.32 bits per heavy atom. The number of rotatable bonds is 6. The topological polar surface area (TPSA) is 98.7 Å². The van der Waals surface area contributed by atoms with E-state index in [-0.39, 0.29) is 24.8 Å². The van der Waals surface area contributed by atoms with E-state index in [0.717, 1.165) is 11.1 Å². The van der Waals surface area contributed by atoms with E-state index < -0.39 is 17.4 Å². The summed E-state index contributed by atoms with van der Waals surface area (Å²) in [4.78, 5) is 37.6. The molecule has 2 atom stereocenters. The third-order valence-corrected chi connectivity index (χ3v) is 4.86. The Bertz CT molecular complexity index is 659. The van der Waals surface area contributed by atoms with Crippen molar-refractivity contribution in [1.29, 1.82) is 0 Å². The Balaban J connectivity index is 2.19. The lowest BCUT2D eigenvalue weighted by Crippen LogP contribution is -2.50. The summed E-state index contributed by atoms with van der Waals surface area (Å²) in [6.07, 6.45) is 0.825. The fraction of sp³-hybridized carbons (Fsp3) is 0.500. The van der Waals surface area contributed by atoms with Crippen LogP contribution >= 0.6 is 0 Å². The van der Waals surface area contributed by atoms with E-state index in [2.05, 4.69) is 5.32 Å². The van der Waals surface area contributed by atoms with Gasteiger partial charge in [-0.15, -0.1) is 0 Å². The highest BCUT2D eigenvalue weighted by atomic mass is 16.5. The molecule has 0 spiro atoms. The lowest BCUT2D eigenvalue weighted by Gasteiger charge is -2.29. The fourth-order valence-electron chi connectivity index (χ4n) is 3.24. The summed E-state index contributed by atoms with van der Waals surface area (Å²) in [5, 5.41) is 11.6. The van der Waals surface area contributed by atoms with E-state index in [9.17, 15) is 14.4 Å². The number of nitrogens with zero attached hydrogens (tertiary/aromatic N) is 1. The first kappa shape index (κ1) is 18.9. The quantitative estimate of drug-likeness (QED) is 0.526. The number of amides is 3. The summed E-state index contributed by atoms with van der Waals surface area (Å²) in [7, 11) is 0. The second kappa shape index (κ2) is 7.65. The molecule has 1 aromatic rings. The Morgan fingerprint density at radius 3 is 2.52 bits per heavy atom. The van der Waals surface area contributed by atoms with E-state index in [0.29, 0.717) is 13.0 Å². The minimum absolute atomic E-state index is 0.146. The van der Waals surface area contributed by atoms with Crippen molar-refractivity contribution in [1.82, 2.24) is 15.7 Å². The molecule has 0 radical (unpaired) electrons. The molecule has 0 bridgehead atoms. The molecule has 1 heterocycles. The van der Waals surface area contributed by atoms with Crippen LogP contribution in [0.3, 0.4) is 0 Å². The predicted molar refractivity (Wildman–Crippen MR) is 91.9 cm³/mol. The van der Waals surface area contributed by atoms with Gasteiger partial charge in [0.05, 0.1) is 5.41 Å². The standard InChI is InChI=1S/C18H25N3O4/c1-12-4-6-14(7-5-12)18(3)9-11-21(17(18)24)15(16(23)20-25)8-10-19-13(2)22/h4-7,15,25H,8-11H2,1-3H3,(H,19,22)(H,20,23)/t15-,18?/m1/s1. The van der Waals surface area contributed by atoms with Gasteiger partial charge in [-0.05, 0) is 32.3 Å². The number of carbonyl (C=O) groups is 3. The molecule has 1 saturated heterocycles. The first-order valence-electron chi connectivity index (χ1n) is 8.36. The van der Waals surface area contributed by atoms with Gasteiger partial charge in [0.25, 0.3) is 5.91 Å². The van der Waals surface area contributed by atoms with Crippen molar-refractivity contribution >= 4 is 17.7 Å². The van der Waals surface area contributed by atoms with E-state index >= 15 is 0 Å². The molecule has 1 aromatic carbocycles. The highest BCUT2D eigenvalue weighted by Gasteiger charge is 2.47. The highest BCUT2D eigenvalue weighted by Crippen LogP contribution is 2.36. The summed E-state index contributed by atoms with van der Waals surface area (Å²) in [5.41, 5.74) is 2.96. The number of nitrogens with one attached hydrogen (secondary N) is 2. The molecule has 7 heteroatoms. The highest BCUT2D eigenvalue weighted by molar-refractivity contribution is 5.94. The zero-order valence-electron chi connectivity index (χ0n) is 14.8. The molecule has 0 saturated carbocycles. The summed E-state index contributed by atoms with van der Waals surface area (Å²) in [5.74, 6) is -1.000. The molecule has 25 heavy (non-hydrogen) atoms. The molecule has 2 rings (SSSR count). The second-order valence-corrected chi connectivity index (χ2v) is 6.71. The smallest absolute Gasteiger partial charge is 0.266 e. The van der Waals surface area contributed by atoms with Gasteiger partial charge in [0.15, 0.2) is 0 Å². The van der Waals surface area contributed by atoms with Crippen LogP contribution < -0.4 is 10.8 Å².